The Morgan fingerprint density at radius 1 is 1.50 bits per heavy atom. The number of carbonyl (C=O) groups is 1. The van der Waals surface area contributed by atoms with Gasteiger partial charge in [-0.15, -0.1) is 0 Å². The highest BCUT2D eigenvalue weighted by molar-refractivity contribution is 6.03. The molecule has 0 bridgehead atoms. The lowest BCUT2D eigenvalue weighted by atomic mass is 9.99. The third kappa shape index (κ3) is 2.83. The Morgan fingerprint density at radius 3 is 2.79 bits per heavy atom. The fourth-order valence-corrected chi connectivity index (χ4v) is 1.75. The van der Waals surface area contributed by atoms with E-state index in [0.717, 1.165) is 12.0 Å². The normalized spacial score (nSPS) is 19.6. The second-order valence-electron chi connectivity index (χ2n) is 4.28. The summed E-state index contributed by atoms with van der Waals surface area (Å²) in [4.78, 5) is 11.6. The van der Waals surface area contributed by atoms with Crippen LogP contribution in [-0.2, 0) is 4.79 Å². The number of ketones is 1. The van der Waals surface area contributed by atoms with Gasteiger partial charge in [-0.2, -0.15) is 0 Å². The van der Waals surface area contributed by atoms with Crippen molar-refractivity contribution in [1.29, 1.82) is 0 Å². The van der Waals surface area contributed by atoms with Gasteiger partial charge >= 0.3 is 0 Å². The Kier molecular flexibility index (Phi) is 4.12. The minimum Gasteiger partial charge on any atom is -0.294 e. The van der Waals surface area contributed by atoms with Crippen LogP contribution in [0.5, 0.6) is 0 Å². The quantitative estimate of drug-likeness (QED) is 0.621. The molecule has 0 aromatic carbocycles. The monoisotopic (exact) mass is 192 g/mol. The summed E-state index contributed by atoms with van der Waals surface area (Å²) in [6.45, 7) is 6.43. The zero-order valence-electron chi connectivity index (χ0n) is 9.47. The zero-order valence-corrected chi connectivity index (χ0v) is 9.47. The van der Waals surface area contributed by atoms with Crippen molar-refractivity contribution in [3.05, 3.63) is 23.3 Å². The van der Waals surface area contributed by atoms with Crippen LogP contribution < -0.4 is 0 Å². The van der Waals surface area contributed by atoms with Crippen LogP contribution in [0, 0.1) is 5.92 Å². The molecule has 1 nitrogen and oxygen atoms in total. The van der Waals surface area contributed by atoms with Gasteiger partial charge in [0.1, 0.15) is 0 Å². The lowest BCUT2D eigenvalue weighted by Gasteiger charge is -2.05. The molecule has 0 N–H and O–H groups in total. The molecule has 0 saturated carbocycles. The van der Waals surface area contributed by atoms with Gasteiger partial charge in [0.2, 0.25) is 0 Å². The molecule has 0 radical (unpaired) electrons. The first-order valence-electron chi connectivity index (χ1n) is 5.59. The first-order valence-corrected chi connectivity index (χ1v) is 5.59. The standard InChI is InChI=1S/C13H20O/c1-4-5-6-11-7-8-13(14)12(11)9-10(2)3/h7,9-10H,4-6,8H2,1-3H3. The number of Topliss-reactive ketones (excluding diaryl/α,β-unsaturated/α-hetero) is 1. The Balaban J connectivity index is 2.70. The van der Waals surface area contributed by atoms with Crippen molar-refractivity contribution in [2.75, 3.05) is 0 Å². The van der Waals surface area contributed by atoms with Crippen LogP contribution in [0.4, 0.5) is 0 Å². The number of carbonyl (C=O) groups excluding carboxylic acids is 1. The highest BCUT2D eigenvalue weighted by Crippen LogP contribution is 2.27. The van der Waals surface area contributed by atoms with Crippen LogP contribution in [0.3, 0.4) is 0 Å². The average molecular weight is 192 g/mol. The first-order chi connectivity index (χ1) is 6.65. The van der Waals surface area contributed by atoms with E-state index >= 15 is 0 Å². The molecular weight excluding hydrogens is 172 g/mol. The SMILES string of the molecule is CCCCC1=CCC(=O)C1=CC(C)C. The molecular formula is C13H20O. The molecule has 0 heterocycles. The van der Waals surface area contributed by atoms with Crippen LogP contribution in [0.1, 0.15) is 46.5 Å². The Bertz CT molecular complexity index is 269. The summed E-state index contributed by atoms with van der Waals surface area (Å²) in [6.07, 6.45) is 8.29. The Hall–Kier alpha value is -0.850. The van der Waals surface area contributed by atoms with Crippen molar-refractivity contribution >= 4 is 5.78 Å². The molecule has 0 atom stereocenters. The maximum atomic E-state index is 11.6. The molecule has 0 aromatic rings. The van der Waals surface area contributed by atoms with E-state index in [1.165, 1.54) is 18.4 Å². The van der Waals surface area contributed by atoms with Gasteiger partial charge in [-0.1, -0.05) is 39.3 Å². The molecule has 78 valence electrons. The molecule has 0 fully saturated rings. The zero-order chi connectivity index (χ0) is 10.6. The highest BCUT2D eigenvalue weighted by atomic mass is 16.1. The number of unbranched alkanes of at least 4 members (excludes halogenated alkanes) is 1. The number of rotatable bonds is 4. The van der Waals surface area contributed by atoms with Gasteiger partial charge in [0.15, 0.2) is 5.78 Å². The van der Waals surface area contributed by atoms with Crippen LogP contribution in [-0.4, -0.2) is 5.78 Å². The second-order valence-corrected chi connectivity index (χ2v) is 4.28. The number of hydrogen-bond donors (Lipinski definition) is 0. The summed E-state index contributed by atoms with van der Waals surface area (Å²) in [5.41, 5.74) is 2.28. The molecule has 14 heavy (non-hydrogen) atoms. The van der Waals surface area contributed by atoms with E-state index < -0.39 is 0 Å². The van der Waals surface area contributed by atoms with Crippen LogP contribution in [0.25, 0.3) is 0 Å². The van der Waals surface area contributed by atoms with Gasteiger partial charge in [0, 0.05) is 12.0 Å². The molecule has 1 aliphatic rings. The van der Waals surface area contributed by atoms with E-state index in [2.05, 4.69) is 32.9 Å². The van der Waals surface area contributed by atoms with Crippen molar-refractivity contribution in [3.8, 4) is 0 Å². The first kappa shape index (κ1) is 11.2. The lowest BCUT2D eigenvalue weighted by molar-refractivity contribution is -0.114. The van der Waals surface area contributed by atoms with Crippen molar-refractivity contribution in [2.24, 2.45) is 5.92 Å². The predicted octanol–water partition coefficient (Wildman–Crippen LogP) is 3.66. The van der Waals surface area contributed by atoms with Gasteiger partial charge in [0.25, 0.3) is 0 Å². The van der Waals surface area contributed by atoms with Gasteiger partial charge in [-0.05, 0) is 24.3 Å². The minimum absolute atomic E-state index is 0.310. The van der Waals surface area contributed by atoms with E-state index in [0.29, 0.717) is 18.1 Å². The van der Waals surface area contributed by atoms with E-state index in [4.69, 9.17) is 0 Å². The topological polar surface area (TPSA) is 17.1 Å². The lowest BCUT2D eigenvalue weighted by Crippen LogP contribution is -1.98. The molecule has 0 saturated heterocycles. The summed E-state index contributed by atoms with van der Waals surface area (Å²) in [5, 5.41) is 0. The molecule has 0 spiro atoms. The van der Waals surface area contributed by atoms with Gasteiger partial charge in [0.05, 0.1) is 0 Å². The van der Waals surface area contributed by atoms with E-state index in [1.807, 2.05) is 0 Å². The molecule has 0 aliphatic heterocycles. The smallest absolute Gasteiger partial charge is 0.166 e. The Labute approximate surface area is 86.9 Å². The van der Waals surface area contributed by atoms with Gasteiger partial charge < -0.3 is 0 Å². The van der Waals surface area contributed by atoms with Crippen molar-refractivity contribution in [3.63, 3.8) is 0 Å². The van der Waals surface area contributed by atoms with Crippen molar-refractivity contribution in [1.82, 2.24) is 0 Å². The molecule has 1 heteroatoms. The highest BCUT2D eigenvalue weighted by Gasteiger charge is 2.19. The maximum Gasteiger partial charge on any atom is 0.166 e. The van der Waals surface area contributed by atoms with E-state index in [9.17, 15) is 4.79 Å². The van der Waals surface area contributed by atoms with Gasteiger partial charge in [-0.3, -0.25) is 4.79 Å². The third-order valence-corrected chi connectivity index (χ3v) is 2.48. The molecule has 1 rings (SSSR count). The summed E-state index contributed by atoms with van der Waals surface area (Å²) >= 11 is 0. The van der Waals surface area contributed by atoms with E-state index in [-0.39, 0.29) is 0 Å². The summed E-state index contributed by atoms with van der Waals surface area (Å²) in [7, 11) is 0. The Morgan fingerprint density at radius 2 is 2.21 bits per heavy atom. The average Bonchev–Trinajstić information content (AvgIpc) is 2.45. The van der Waals surface area contributed by atoms with Gasteiger partial charge in [-0.25, -0.2) is 0 Å². The number of hydrogen-bond acceptors (Lipinski definition) is 1. The molecule has 1 aliphatic carbocycles. The van der Waals surface area contributed by atoms with Crippen molar-refractivity contribution in [2.45, 2.75) is 46.5 Å². The summed E-state index contributed by atoms with van der Waals surface area (Å²) in [6, 6.07) is 0. The van der Waals surface area contributed by atoms with Crippen LogP contribution >= 0.6 is 0 Å². The molecule has 0 aromatic heterocycles. The third-order valence-electron chi connectivity index (χ3n) is 2.48. The minimum atomic E-state index is 0.310. The predicted molar refractivity (Wildman–Crippen MR) is 60.2 cm³/mol. The van der Waals surface area contributed by atoms with Crippen LogP contribution in [0.2, 0.25) is 0 Å². The van der Waals surface area contributed by atoms with Crippen molar-refractivity contribution < 1.29 is 4.79 Å². The summed E-state index contributed by atoms with van der Waals surface area (Å²) < 4.78 is 0. The summed E-state index contributed by atoms with van der Waals surface area (Å²) in [5.74, 6) is 0.780. The fraction of sp³-hybridized carbons (Fsp3) is 0.615. The van der Waals surface area contributed by atoms with E-state index in [1.54, 1.807) is 0 Å². The fourth-order valence-electron chi connectivity index (χ4n) is 1.75. The molecule has 0 unspecified atom stereocenters. The number of allylic oxidation sites excluding steroid dienone is 4. The maximum absolute atomic E-state index is 11.6. The largest absolute Gasteiger partial charge is 0.294 e. The molecule has 0 amide bonds. The second kappa shape index (κ2) is 5.14. The van der Waals surface area contributed by atoms with Crippen LogP contribution in [0.15, 0.2) is 23.3 Å².